The number of guanidine groups is 1. The summed E-state index contributed by atoms with van der Waals surface area (Å²) in [5.74, 6) is 3.25. The third-order valence-corrected chi connectivity index (χ3v) is 5.35. The van der Waals surface area contributed by atoms with Crippen LogP contribution in [0.25, 0.3) is 0 Å². The van der Waals surface area contributed by atoms with E-state index in [1.54, 1.807) is 11.3 Å². The summed E-state index contributed by atoms with van der Waals surface area (Å²) in [5.41, 5.74) is 1.32. The van der Waals surface area contributed by atoms with Gasteiger partial charge in [0.25, 0.3) is 0 Å². The normalized spacial score (nSPS) is 14.3. The molecule has 0 spiro atoms. The molecule has 0 fully saturated rings. The van der Waals surface area contributed by atoms with Gasteiger partial charge >= 0.3 is 0 Å². The number of aromatic nitrogens is 3. The van der Waals surface area contributed by atoms with Gasteiger partial charge in [-0.15, -0.1) is 34.2 Å². The molecule has 0 atom stereocenters. The Balaban J connectivity index is 0.00000243. The molecule has 1 aliphatic rings. The van der Waals surface area contributed by atoms with Crippen molar-refractivity contribution >= 4 is 41.3 Å². The summed E-state index contributed by atoms with van der Waals surface area (Å²) < 4.78 is 2.34. The fourth-order valence-corrected chi connectivity index (χ4v) is 3.95. The highest BCUT2D eigenvalue weighted by Crippen LogP contribution is 2.15. The highest BCUT2D eigenvalue weighted by molar-refractivity contribution is 14.0. The van der Waals surface area contributed by atoms with Crippen molar-refractivity contribution < 1.29 is 0 Å². The van der Waals surface area contributed by atoms with Gasteiger partial charge in [0.05, 0.1) is 0 Å². The minimum absolute atomic E-state index is 0. The molecule has 8 heteroatoms. The molecule has 0 saturated carbocycles. The Labute approximate surface area is 177 Å². The van der Waals surface area contributed by atoms with Crippen molar-refractivity contribution in [1.29, 1.82) is 0 Å². The van der Waals surface area contributed by atoms with Crippen LogP contribution in [0.2, 0.25) is 0 Å². The van der Waals surface area contributed by atoms with E-state index < -0.39 is 0 Å². The number of rotatable bonds is 6. The summed E-state index contributed by atoms with van der Waals surface area (Å²) in [6, 6.07) is 2.16. The lowest BCUT2D eigenvalue weighted by molar-refractivity contribution is 0.476. The van der Waals surface area contributed by atoms with Gasteiger partial charge in [-0.1, -0.05) is 6.42 Å². The summed E-state index contributed by atoms with van der Waals surface area (Å²) >= 11 is 1.73. The second kappa shape index (κ2) is 10.9. The fraction of sp³-hybridized carbons (Fsp3) is 0.611. The van der Waals surface area contributed by atoms with Crippen LogP contribution in [0.4, 0.5) is 0 Å². The Hall–Kier alpha value is -1.16. The molecule has 3 heterocycles. The van der Waals surface area contributed by atoms with E-state index in [9.17, 15) is 0 Å². The third-order valence-electron chi connectivity index (χ3n) is 4.62. The molecule has 26 heavy (non-hydrogen) atoms. The number of halogens is 1. The maximum Gasteiger partial charge on any atom is 0.193 e. The molecule has 0 amide bonds. The molecule has 0 aromatic carbocycles. The van der Waals surface area contributed by atoms with Crippen LogP contribution in [-0.2, 0) is 25.9 Å². The Bertz CT molecular complexity index is 682. The molecule has 6 nitrogen and oxygen atoms in total. The number of nitrogens with one attached hydrogen (secondary N) is 1. The molecule has 0 saturated heterocycles. The predicted octanol–water partition coefficient (Wildman–Crippen LogP) is 3.32. The molecule has 3 rings (SSSR count). The molecule has 2 aromatic rings. The number of aliphatic imine (C=N–C) groups is 1. The summed E-state index contributed by atoms with van der Waals surface area (Å²) in [7, 11) is 3.91. The van der Waals surface area contributed by atoms with Gasteiger partial charge in [0.15, 0.2) is 5.96 Å². The molecule has 0 aliphatic carbocycles. The van der Waals surface area contributed by atoms with Crippen LogP contribution in [0, 0.1) is 0 Å². The molecule has 1 N–H and O–H groups in total. The van der Waals surface area contributed by atoms with Crippen LogP contribution in [0.15, 0.2) is 21.8 Å². The van der Waals surface area contributed by atoms with Crippen molar-refractivity contribution in [2.45, 2.75) is 51.6 Å². The Morgan fingerprint density at radius 2 is 2.23 bits per heavy atom. The van der Waals surface area contributed by atoms with Crippen LogP contribution in [0.3, 0.4) is 0 Å². The zero-order chi connectivity index (χ0) is 17.5. The molecule has 1 aliphatic heterocycles. The van der Waals surface area contributed by atoms with Crippen LogP contribution in [-0.4, -0.2) is 46.3 Å². The van der Waals surface area contributed by atoms with Gasteiger partial charge in [-0.2, -0.15) is 11.3 Å². The summed E-state index contributed by atoms with van der Waals surface area (Å²) in [6.45, 7) is 2.85. The SMILES string of the molecule is CN=C(NCCCc1nnc2n1CCCCC2)N(C)Cc1ccsc1.I. The first-order valence-electron chi connectivity index (χ1n) is 9.11. The summed E-state index contributed by atoms with van der Waals surface area (Å²) in [5, 5.41) is 16.5. The predicted molar refractivity (Wildman–Crippen MR) is 118 cm³/mol. The standard InChI is InChI=1S/C18H28N6S.HI/c1-19-18(23(2)13-15-9-12-25-14-15)20-10-6-8-17-22-21-16-7-4-3-5-11-24(16)17;/h9,12,14H,3-8,10-11,13H2,1-2H3,(H,19,20);1H. The first kappa shape index (κ1) is 21.1. The molecule has 0 radical (unpaired) electrons. The van der Waals surface area contributed by atoms with Crippen LogP contribution >= 0.6 is 35.3 Å². The molecule has 144 valence electrons. The van der Waals surface area contributed by atoms with E-state index in [0.717, 1.165) is 50.7 Å². The molecular formula is C18H29IN6S. The van der Waals surface area contributed by atoms with Gasteiger partial charge in [0, 0.05) is 46.6 Å². The largest absolute Gasteiger partial charge is 0.356 e. The summed E-state index contributed by atoms with van der Waals surface area (Å²) in [6.07, 6.45) is 6.86. The number of thiophene rings is 1. The molecule has 2 aromatic heterocycles. The Morgan fingerprint density at radius 3 is 3.00 bits per heavy atom. The van der Waals surface area contributed by atoms with Gasteiger partial charge in [-0.25, -0.2) is 0 Å². The zero-order valence-corrected chi connectivity index (χ0v) is 18.8. The maximum absolute atomic E-state index is 4.41. The van der Waals surface area contributed by atoms with Crippen LogP contribution in [0.1, 0.15) is 42.9 Å². The lowest BCUT2D eigenvalue weighted by Crippen LogP contribution is -2.38. The van der Waals surface area contributed by atoms with E-state index >= 15 is 0 Å². The van der Waals surface area contributed by atoms with Crippen molar-refractivity contribution in [3.8, 4) is 0 Å². The van der Waals surface area contributed by atoms with Crippen LogP contribution in [0.5, 0.6) is 0 Å². The minimum atomic E-state index is 0. The number of hydrogen-bond acceptors (Lipinski definition) is 4. The number of fused-ring (bicyclic) bond motifs is 1. The van der Waals surface area contributed by atoms with E-state index in [1.807, 2.05) is 7.05 Å². The van der Waals surface area contributed by atoms with Crippen molar-refractivity contribution in [3.05, 3.63) is 34.0 Å². The van der Waals surface area contributed by atoms with E-state index in [2.05, 4.69) is 53.8 Å². The zero-order valence-electron chi connectivity index (χ0n) is 15.6. The average Bonchev–Trinajstić information content (AvgIpc) is 3.19. The second-order valence-corrected chi connectivity index (χ2v) is 7.34. The second-order valence-electron chi connectivity index (χ2n) is 6.56. The van der Waals surface area contributed by atoms with E-state index in [0.29, 0.717) is 0 Å². The van der Waals surface area contributed by atoms with E-state index in [4.69, 9.17) is 0 Å². The smallest absolute Gasteiger partial charge is 0.193 e. The van der Waals surface area contributed by atoms with Crippen molar-refractivity contribution in [2.24, 2.45) is 4.99 Å². The van der Waals surface area contributed by atoms with Gasteiger partial charge < -0.3 is 14.8 Å². The number of nitrogens with zero attached hydrogens (tertiary/aromatic N) is 5. The average molecular weight is 488 g/mol. The minimum Gasteiger partial charge on any atom is -0.356 e. The van der Waals surface area contributed by atoms with Crippen molar-refractivity contribution in [1.82, 2.24) is 25.0 Å². The third kappa shape index (κ3) is 5.67. The van der Waals surface area contributed by atoms with Gasteiger partial charge in [0.1, 0.15) is 11.6 Å². The molecule has 0 bridgehead atoms. The highest BCUT2D eigenvalue weighted by Gasteiger charge is 2.14. The highest BCUT2D eigenvalue weighted by atomic mass is 127. The lowest BCUT2D eigenvalue weighted by atomic mass is 10.2. The van der Waals surface area contributed by atoms with Crippen molar-refractivity contribution in [2.75, 3.05) is 20.6 Å². The first-order chi connectivity index (χ1) is 12.3. The maximum atomic E-state index is 4.41. The Kier molecular flexibility index (Phi) is 8.83. The van der Waals surface area contributed by atoms with Crippen LogP contribution < -0.4 is 5.32 Å². The van der Waals surface area contributed by atoms with Gasteiger partial charge in [-0.3, -0.25) is 4.99 Å². The van der Waals surface area contributed by atoms with Gasteiger partial charge in [-0.05, 0) is 41.7 Å². The number of aryl methyl sites for hydroxylation is 2. The fourth-order valence-electron chi connectivity index (χ4n) is 3.29. The molecular weight excluding hydrogens is 459 g/mol. The van der Waals surface area contributed by atoms with Crippen molar-refractivity contribution in [3.63, 3.8) is 0 Å². The summed E-state index contributed by atoms with van der Waals surface area (Å²) in [4.78, 5) is 6.55. The molecule has 0 unspecified atom stereocenters. The monoisotopic (exact) mass is 488 g/mol. The van der Waals surface area contributed by atoms with Gasteiger partial charge in [0.2, 0.25) is 0 Å². The first-order valence-corrected chi connectivity index (χ1v) is 10.1. The van der Waals surface area contributed by atoms with E-state index in [1.165, 1.54) is 30.7 Å². The topological polar surface area (TPSA) is 58.3 Å². The lowest BCUT2D eigenvalue weighted by Gasteiger charge is -2.21. The quantitative estimate of drug-likeness (QED) is 0.294. The van der Waals surface area contributed by atoms with E-state index in [-0.39, 0.29) is 24.0 Å². The number of hydrogen-bond donors (Lipinski definition) is 1. The Morgan fingerprint density at radius 1 is 1.35 bits per heavy atom.